The smallest absolute Gasteiger partial charge is 0.0408 e. The number of benzene rings is 1. The predicted octanol–water partition coefficient (Wildman–Crippen LogP) is 4.11. The van der Waals surface area contributed by atoms with Crippen LogP contribution in [0.4, 0.5) is 0 Å². The fraction of sp³-hybridized carbons (Fsp3) is 0.647. The van der Waals surface area contributed by atoms with Gasteiger partial charge in [-0.25, -0.2) is 0 Å². The molecule has 2 N–H and O–H groups in total. The van der Waals surface area contributed by atoms with Gasteiger partial charge in [-0.05, 0) is 50.0 Å². The Hall–Kier alpha value is -0.570. The van der Waals surface area contributed by atoms with Crippen molar-refractivity contribution in [3.63, 3.8) is 0 Å². The standard InChI is InChI=1S/C17H29ClN2/c1-5-17(6-2,20(7-3)8-4)16(19)13-14-10-9-11-15(18)12-14/h9-12,16H,5-8,13,19H2,1-4H3. The van der Waals surface area contributed by atoms with Gasteiger partial charge < -0.3 is 5.73 Å². The normalized spacial score (nSPS) is 13.8. The lowest BCUT2D eigenvalue weighted by Gasteiger charge is -2.46. The van der Waals surface area contributed by atoms with Crippen molar-refractivity contribution >= 4 is 11.6 Å². The molecule has 1 unspecified atom stereocenters. The molecular weight excluding hydrogens is 268 g/mol. The van der Waals surface area contributed by atoms with Crippen LogP contribution >= 0.6 is 11.6 Å². The Balaban J connectivity index is 2.96. The highest BCUT2D eigenvalue weighted by molar-refractivity contribution is 6.30. The van der Waals surface area contributed by atoms with Gasteiger partial charge in [0, 0.05) is 16.6 Å². The van der Waals surface area contributed by atoms with Gasteiger partial charge in [0.05, 0.1) is 0 Å². The van der Waals surface area contributed by atoms with Crippen LogP contribution in [0.25, 0.3) is 0 Å². The summed E-state index contributed by atoms with van der Waals surface area (Å²) in [5.74, 6) is 0. The molecule has 0 saturated carbocycles. The fourth-order valence-electron chi connectivity index (χ4n) is 3.42. The molecule has 0 spiro atoms. The lowest BCUT2D eigenvalue weighted by molar-refractivity contribution is 0.0628. The lowest BCUT2D eigenvalue weighted by Crippen LogP contribution is -2.60. The summed E-state index contributed by atoms with van der Waals surface area (Å²) in [6, 6.07) is 8.18. The topological polar surface area (TPSA) is 29.3 Å². The van der Waals surface area contributed by atoms with E-state index in [4.69, 9.17) is 17.3 Å². The van der Waals surface area contributed by atoms with E-state index in [0.29, 0.717) is 0 Å². The molecule has 0 aliphatic rings. The van der Waals surface area contributed by atoms with Crippen molar-refractivity contribution in [2.75, 3.05) is 13.1 Å². The van der Waals surface area contributed by atoms with E-state index in [1.165, 1.54) is 5.56 Å². The van der Waals surface area contributed by atoms with Gasteiger partial charge in [-0.2, -0.15) is 0 Å². The van der Waals surface area contributed by atoms with Gasteiger partial charge in [0.2, 0.25) is 0 Å². The molecule has 114 valence electrons. The zero-order valence-electron chi connectivity index (χ0n) is 13.3. The summed E-state index contributed by atoms with van der Waals surface area (Å²) < 4.78 is 0. The summed E-state index contributed by atoms with van der Waals surface area (Å²) in [5, 5.41) is 0.788. The number of likely N-dealkylation sites (N-methyl/N-ethyl adjacent to an activating group) is 1. The Kier molecular flexibility index (Phi) is 7.01. The van der Waals surface area contributed by atoms with Crippen LogP contribution in [0, 0.1) is 0 Å². The van der Waals surface area contributed by atoms with E-state index in [9.17, 15) is 0 Å². The highest BCUT2D eigenvalue weighted by Gasteiger charge is 2.37. The molecule has 3 heteroatoms. The molecule has 0 amide bonds. The van der Waals surface area contributed by atoms with Crippen molar-refractivity contribution in [2.24, 2.45) is 5.73 Å². The SMILES string of the molecule is CCN(CC)C(CC)(CC)C(N)Cc1cccc(Cl)c1. The molecular formula is C17H29ClN2. The number of nitrogens with zero attached hydrogens (tertiary/aromatic N) is 1. The number of hydrogen-bond donors (Lipinski definition) is 1. The monoisotopic (exact) mass is 296 g/mol. The minimum atomic E-state index is 0.0752. The Morgan fingerprint density at radius 3 is 2.20 bits per heavy atom. The van der Waals surface area contributed by atoms with Crippen molar-refractivity contribution in [1.29, 1.82) is 0 Å². The summed E-state index contributed by atoms with van der Waals surface area (Å²) in [7, 11) is 0. The largest absolute Gasteiger partial charge is 0.326 e. The summed E-state index contributed by atoms with van der Waals surface area (Å²) in [5.41, 5.74) is 7.92. The molecule has 1 rings (SSSR count). The maximum absolute atomic E-state index is 6.62. The van der Waals surface area contributed by atoms with Gasteiger partial charge in [0.25, 0.3) is 0 Å². The van der Waals surface area contributed by atoms with Gasteiger partial charge in [0.15, 0.2) is 0 Å². The van der Waals surface area contributed by atoms with Crippen LogP contribution in [0.3, 0.4) is 0 Å². The second kappa shape index (κ2) is 8.02. The minimum absolute atomic E-state index is 0.0752. The average Bonchev–Trinajstić information content (AvgIpc) is 2.44. The Labute approximate surface area is 129 Å². The van der Waals surface area contributed by atoms with Crippen LogP contribution in [-0.4, -0.2) is 29.6 Å². The van der Waals surface area contributed by atoms with E-state index in [0.717, 1.165) is 37.4 Å². The second-order valence-corrected chi connectivity index (χ2v) is 5.86. The zero-order chi connectivity index (χ0) is 15.2. The van der Waals surface area contributed by atoms with Crippen molar-refractivity contribution in [3.05, 3.63) is 34.9 Å². The highest BCUT2D eigenvalue weighted by atomic mass is 35.5. The molecule has 20 heavy (non-hydrogen) atoms. The van der Waals surface area contributed by atoms with Crippen LogP contribution in [0.2, 0.25) is 5.02 Å². The summed E-state index contributed by atoms with van der Waals surface area (Å²) in [6.45, 7) is 11.0. The minimum Gasteiger partial charge on any atom is -0.326 e. The maximum atomic E-state index is 6.62. The first kappa shape index (κ1) is 17.5. The molecule has 0 fully saturated rings. The lowest BCUT2D eigenvalue weighted by atomic mass is 9.80. The van der Waals surface area contributed by atoms with Crippen molar-refractivity contribution in [1.82, 2.24) is 4.90 Å². The molecule has 1 atom stereocenters. The van der Waals surface area contributed by atoms with Crippen molar-refractivity contribution < 1.29 is 0 Å². The van der Waals surface area contributed by atoms with E-state index in [-0.39, 0.29) is 11.6 Å². The van der Waals surface area contributed by atoms with E-state index in [2.05, 4.69) is 38.7 Å². The second-order valence-electron chi connectivity index (χ2n) is 5.42. The third-order valence-electron chi connectivity index (χ3n) is 4.65. The Morgan fingerprint density at radius 1 is 1.15 bits per heavy atom. The van der Waals surface area contributed by atoms with Crippen molar-refractivity contribution in [3.8, 4) is 0 Å². The number of hydrogen-bond acceptors (Lipinski definition) is 2. The van der Waals surface area contributed by atoms with Gasteiger partial charge >= 0.3 is 0 Å². The molecule has 1 aromatic carbocycles. The third kappa shape index (κ3) is 3.75. The highest BCUT2D eigenvalue weighted by Crippen LogP contribution is 2.29. The Morgan fingerprint density at radius 2 is 1.75 bits per heavy atom. The van der Waals surface area contributed by atoms with Gasteiger partial charge in [0.1, 0.15) is 0 Å². The number of halogens is 1. The third-order valence-corrected chi connectivity index (χ3v) is 4.89. The molecule has 0 aliphatic heterocycles. The van der Waals surface area contributed by atoms with Crippen LogP contribution in [0.15, 0.2) is 24.3 Å². The first-order valence-electron chi connectivity index (χ1n) is 7.79. The molecule has 0 bridgehead atoms. The molecule has 2 nitrogen and oxygen atoms in total. The molecule has 0 aromatic heterocycles. The van der Waals surface area contributed by atoms with Crippen LogP contribution < -0.4 is 5.73 Å². The fourth-order valence-corrected chi connectivity index (χ4v) is 3.63. The van der Waals surface area contributed by atoms with Gasteiger partial charge in [-0.15, -0.1) is 0 Å². The zero-order valence-corrected chi connectivity index (χ0v) is 14.1. The Bertz CT molecular complexity index is 398. The molecule has 0 saturated heterocycles. The molecule has 0 heterocycles. The summed E-state index contributed by atoms with van der Waals surface area (Å²) >= 11 is 6.08. The number of rotatable bonds is 8. The van der Waals surface area contributed by atoms with E-state index < -0.39 is 0 Å². The van der Waals surface area contributed by atoms with Crippen LogP contribution in [0.1, 0.15) is 46.1 Å². The molecule has 0 aliphatic carbocycles. The summed E-state index contributed by atoms with van der Waals surface area (Å²) in [6.07, 6.45) is 3.03. The number of nitrogens with two attached hydrogens (primary N) is 1. The molecule has 0 radical (unpaired) electrons. The van der Waals surface area contributed by atoms with Crippen LogP contribution in [-0.2, 0) is 6.42 Å². The average molecular weight is 297 g/mol. The predicted molar refractivity (Wildman–Crippen MR) is 89.4 cm³/mol. The van der Waals surface area contributed by atoms with Crippen LogP contribution in [0.5, 0.6) is 0 Å². The van der Waals surface area contributed by atoms with Gasteiger partial charge in [-0.1, -0.05) is 51.4 Å². The van der Waals surface area contributed by atoms with E-state index in [1.54, 1.807) is 0 Å². The van der Waals surface area contributed by atoms with E-state index >= 15 is 0 Å². The maximum Gasteiger partial charge on any atom is 0.0408 e. The summed E-state index contributed by atoms with van der Waals surface area (Å²) in [4.78, 5) is 2.52. The first-order valence-corrected chi connectivity index (χ1v) is 8.16. The van der Waals surface area contributed by atoms with Crippen molar-refractivity contribution in [2.45, 2.75) is 58.5 Å². The van der Waals surface area contributed by atoms with E-state index in [1.807, 2.05) is 18.2 Å². The van der Waals surface area contributed by atoms with Gasteiger partial charge in [-0.3, -0.25) is 4.90 Å². The molecule has 1 aromatic rings. The quantitative estimate of drug-likeness (QED) is 0.782. The first-order chi connectivity index (χ1) is 9.53.